The van der Waals surface area contributed by atoms with Crippen molar-refractivity contribution in [1.82, 2.24) is 0 Å². The molecule has 0 spiro atoms. The van der Waals surface area contributed by atoms with E-state index in [4.69, 9.17) is 0 Å². The van der Waals surface area contributed by atoms with Crippen LogP contribution in [0.15, 0.2) is 249 Å². The Kier molecular flexibility index (Phi) is 9.80. The summed E-state index contributed by atoms with van der Waals surface area (Å²) in [5, 5.41) is 7.72. The smallest absolute Gasteiger partial charge is 0.0493 e. The van der Waals surface area contributed by atoms with Crippen LogP contribution in [-0.2, 0) is 0 Å². The predicted molar refractivity (Wildman–Crippen MR) is 271 cm³/mol. The average Bonchev–Trinajstić information content (AvgIpc) is 3.43. The standard InChI is InChI=1S/C61H44N2/c1-43-40-47(44-16-5-2-6-17-44)18-15-39-62(50-19-7-3-8-20-50)61-38-32-49(41-59(43)61)46-29-35-53(36-30-46)63(51-21-9-4-10-22-51)52-33-27-45(28-34-52)48-31-37-58-56-25-12-11-23-54(56)55-24-13-14-26-57(55)60(58)42-48/h2-38,40-42H,1,39H2/b18-15-,47-40+. The van der Waals surface area contributed by atoms with Crippen LogP contribution in [-0.4, -0.2) is 6.54 Å². The van der Waals surface area contributed by atoms with Crippen molar-refractivity contribution in [3.8, 4) is 22.3 Å². The second kappa shape index (κ2) is 16.3. The molecule has 2 nitrogen and oxygen atoms in total. The van der Waals surface area contributed by atoms with Gasteiger partial charge in [0.25, 0.3) is 0 Å². The summed E-state index contributed by atoms with van der Waals surface area (Å²) in [6, 6.07) is 81.0. The summed E-state index contributed by atoms with van der Waals surface area (Å²) in [4.78, 5) is 4.71. The van der Waals surface area contributed by atoms with Gasteiger partial charge >= 0.3 is 0 Å². The number of hydrogen-bond donors (Lipinski definition) is 0. The zero-order chi connectivity index (χ0) is 42.1. The first kappa shape index (κ1) is 37.8. The number of hydrogen-bond acceptors (Lipinski definition) is 2. The van der Waals surface area contributed by atoms with Crippen LogP contribution in [0.3, 0.4) is 0 Å². The summed E-state index contributed by atoms with van der Waals surface area (Å²) in [5.41, 5.74) is 14.6. The normalized spacial score (nSPS) is 14.1. The van der Waals surface area contributed by atoms with Crippen molar-refractivity contribution in [3.63, 3.8) is 0 Å². The maximum atomic E-state index is 4.66. The Morgan fingerprint density at radius 2 is 0.841 bits per heavy atom. The number of fused-ring (bicyclic) bond motifs is 7. The van der Waals surface area contributed by atoms with Gasteiger partial charge in [-0.25, -0.2) is 0 Å². The summed E-state index contributed by atoms with van der Waals surface area (Å²) in [7, 11) is 0. The SMILES string of the molecule is C=C1/C=C(c2ccccc2)\C=C/CN(c2ccccc2)c2ccc(-c3ccc(N(c4ccccc4)c4ccc(-c5ccc6c7ccccc7c7ccccc7c6c5)cc4)cc3)cc21. The van der Waals surface area contributed by atoms with Crippen LogP contribution in [0.25, 0.3) is 65.7 Å². The van der Waals surface area contributed by atoms with Gasteiger partial charge in [0, 0.05) is 40.5 Å². The van der Waals surface area contributed by atoms with E-state index in [2.05, 4.69) is 259 Å². The molecule has 0 atom stereocenters. The van der Waals surface area contributed by atoms with E-state index in [1.807, 2.05) is 0 Å². The fourth-order valence-electron chi connectivity index (χ4n) is 9.29. The van der Waals surface area contributed by atoms with E-state index in [0.29, 0.717) is 0 Å². The van der Waals surface area contributed by atoms with Gasteiger partial charge in [0.2, 0.25) is 0 Å². The molecule has 63 heavy (non-hydrogen) atoms. The van der Waals surface area contributed by atoms with Crippen LogP contribution in [0.4, 0.5) is 28.4 Å². The second-order valence-electron chi connectivity index (χ2n) is 16.2. The molecular weight excluding hydrogens is 761 g/mol. The molecule has 0 aromatic heterocycles. The van der Waals surface area contributed by atoms with Crippen LogP contribution in [0, 0.1) is 0 Å². The highest BCUT2D eigenvalue weighted by atomic mass is 15.1. The molecule has 0 radical (unpaired) electrons. The number of benzene rings is 10. The quantitative estimate of drug-likeness (QED) is 0.148. The molecule has 0 bridgehead atoms. The van der Waals surface area contributed by atoms with Crippen LogP contribution >= 0.6 is 0 Å². The van der Waals surface area contributed by atoms with Crippen molar-refractivity contribution in [3.05, 3.63) is 260 Å². The number of para-hydroxylation sites is 2. The van der Waals surface area contributed by atoms with Crippen molar-refractivity contribution < 1.29 is 0 Å². The zero-order valence-corrected chi connectivity index (χ0v) is 34.9. The van der Waals surface area contributed by atoms with Crippen molar-refractivity contribution in [1.29, 1.82) is 0 Å². The van der Waals surface area contributed by atoms with E-state index in [0.717, 1.165) is 62.8 Å². The third-order valence-electron chi connectivity index (χ3n) is 12.4. The minimum atomic E-state index is 0.732. The van der Waals surface area contributed by atoms with Gasteiger partial charge in [-0.3, -0.25) is 0 Å². The Hall–Kier alpha value is -8.20. The first-order valence-electron chi connectivity index (χ1n) is 21.7. The predicted octanol–water partition coefficient (Wildman–Crippen LogP) is 16.8. The molecule has 1 aliphatic rings. The molecule has 0 saturated carbocycles. The van der Waals surface area contributed by atoms with Gasteiger partial charge in [-0.2, -0.15) is 0 Å². The molecule has 2 heteroatoms. The van der Waals surface area contributed by atoms with Gasteiger partial charge < -0.3 is 9.80 Å². The van der Waals surface area contributed by atoms with Crippen LogP contribution < -0.4 is 9.80 Å². The number of allylic oxidation sites excluding steroid dienone is 4. The van der Waals surface area contributed by atoms with Gasteiger partial charge in [-0.15, -0.1) is 0 Å². The summed E-state index contributed by atoms with van der Waals surface area (Å²) in [6.45, 7) is 5.39. The lowest BCUT2D eigenvalue weighted by Gasteiger charge is -2.27. The average molecular weight is 805 g/mol. The molecule has 0 unspecified atom stereocenters. The van der Waals surface area contributed by atoms with E-state index in [1.165, 1.54) is 49.0 Å². The third-order valence-corrected chi connectivity index (χ3v) is 12.4. The lowest BCUT2D eigenvalue weighted by atomic mass is 9.92. The molecule has 10 aromatic carbocycles. The lowest BCUT2D eigenvalue weighted by Crippen LogP contribution is -2.18. The van der Waals surface area contributed by atoms with Crippen LogP contribution in [0.5, 0.6) is 0 Å². The van der Waals surface area contributed by atoms with Crippen molar-refractivity contribution in [2.75, 3.05) is 16.3 Å². The summed E-state index contributed by atoms with van der Waals surface area (Å²) in [5.74, 6) is 0. The van der Waals surface area contributed by atoms with Crippen molar-refractivity contribution >= 4 is 71.9 Å². The fraction of sp³-hybridized carbons (Fsp3) is 0.0164. The lowest BCUT2D eigenvalue weighted by molar-refractivity contribution is 1.09. The molecule has 298 valence electrons. The molecule has 1 aliphatic heterocycles. The van der Waals surface area contributed by atoms with Crippen LogP contribution in [0.1, 0.15) is 11.1 Å². The highest BCUT2D eigenvalue weighted by Gasteiger charge is 2.19. The largest absolute Gasteiger partial charge is 0.337 e. The van der Waals surface area contributed by atoms with Gasteiger partial charge in [-0.05, 0) is 144 Å². The maximum Gasteiger partial charge on any atom is 0.0493 e. The highest BCUT2D eigenvalue weighted by Crippen LogP contribution is 2.41. The van der Waals surface area contributed by atoms with Gasteiger partial charge in [-0.1, -0.05) is 176 Å². The first-order chi connectivity index (χ1) is 31.2. The van der Waals surface area contributed by atoms with Gasteiger partial charge in [0.1, 0.15) is 0 Å². The third kappa shape index (κ3) is 7.18. The molecular formula is C61H44N2. The van der Waals surface area contributed by atoms with E-state index < -0.39 is 0 Å². The summed E-state index contributed by atoms with van der Waals surface area (Å²) in [6.07, 6.45) is 6.69. The molecule has 1 heterocycles. The first-order valence-corrected chi connectivity index (χ1v) is 21.7. The van der Waals surface area contributed by atoms with E-state index in [-0.39, 0.29) is 0 Å². The van der Waals surface area contributed by atoms with E-state index in [9.17, 15) is 0 Å². The Morgan fingerprint density at radius 3 is 1.44 bits per heavy atom. The van der Waals surface area contributed by atoms with E-state index >= 15 is 0 Å². The second-order valence-corrected chi connectivity index (χ2v) is 16.2. The fourth-order valence-corrected chi connectivity index (χ4v) is 9.29. The molecule has 0 fully saturated rings. The monoisotopic (exact) mass is 804 g/mol. The molecule has 0 saturated heterocycles. The van der Waals surface area contributed by atoms with Crippen molar-refractivity contribution in [2.24, 2.45) is 0 Å². The molecule has 0 amide bonds. The Balaban J connectivity index is 0.942. The molecule has 11 rings (SSSR count). The molecule has 10 aromatic rings. The maximum absolute atomic E-state index is 4.66. The van der Waals surface area contributed by atoms with Gasteiger partial charge in [0.05, 0.1) is 0 Å². The topological polar surface area (TPSA) is 6.48 Å². The Labute approximate surface area is 369 Å². The zero-order valence-electron chi connectivity index (χ0n) is 34.9. The summed E-state index contributed by atoms with van der Waals surface area (Å²) >= 11 is 0. The van der Waals surface area contributed by atoms with Crippen molar-refractivity contribution in [2.45, 2.75) is 0 Å². The van der Waals surface area contributed by atoms with E-state index in [1.54, 1.807) is 0 Å². The molecule has 0 N–H and O–H groups in total. The number of rotatable bonds is 7. The van der Waals surface area contributed by atoms with Crippen LogP contribution in [0.2, 0.25) is 0 Å². The molecule has 0 aliphatic carbocycles. The highest BCUT2D eigenvalue weighted by molar-refractivity contribution is 6.25. The number of anilines is 5. The summed E-state index contributed by atoms with van der Waals surface area (Å²) < 4.78 is 0. The minimum Gasteiger partial charge on any atom is -0.337 e. The Morgan fingerprint density at radius 1 is 0.381 bits per heavy atom. The van der Waals surface area contributed by atoms with Gasteiger partial charge in [0.15, 0.2) is 0 Å². The number of nitrogens with zero attached hydrogens (tertiary/aromatic N) is 2. The Bertz CT molecular complexity index is 3310. The minimum absolute atomic E-state index is 0.732.